The van der Waals surface area contributed by atoms with Gasteiger partial charge in [-0.3, -0.25) is 4.90 Å². The van der Waals surface area contributed by atoms with Gasteiger partial charge in [0.25, 0.3) is 0 Å². The molecule has 4 nitrogen and oxygen atoms in total. The first-order valence-corrected chi connectivity index (χ1v) is 6.60. The van der Waals surface area contributed by atoms with Gasteiger partial charge in [-0.05, 0) is 53.6 Å². The van der Waals surface area contributed by atoms with E-state index in [0.29, 0.717) is 12.1 Å². The van der Waals surface area contributed by atoms with Crippen LogP contribution in [-0.4, -0.2) is 53.2 Å². The van der Waals surface area contributed by atoms with Crippen LogP contribution in [0.25, 0.3) is 0 Å². The molecule has 0 aliphatic carbocycles. The molecular weight excluding hydrogens is 216 g/mol. The molecule has 98 valence electrons. The van der Waals surface area contributed by atoms with E-state index < -0.39 is 5.60 Å². The van der Waals surface area contributed by atoms with Crippen molar-refractivity contribution in [3.63, 3.8) is 0 Å². The number of hydrogen-bond acceptors (Lipinski definition) is 3. The molecule has 2 rings (SSSR count). The fraction of sp³-hybridized carbons (Fsp3) is 0.923. The summed E-state index contributed by atoms with van der Waals surface area (Å²) in [7, 11) is 0. The number of nitrogens with zero attached hydrogens (tertiary/aromatic N) is 2. The van der Waals surface area contributed by atoms with Gasteiger partial charge in [0.05, 0.1) is 0 Å². The Morgan fingerprint density at radius 3 is 2.41 bits per heavy atom. The Kier molecular flexibility index (Phi) is 3.34. The molecular formula is C13H24N2O2. The fourth-order valence-electron chi connectivity index (χ4n) is 2.55. The quantitative estimate of drug-likeness (QED) is 0.703. The van der Waals surface area contributed by atoms with E-state index in [1.165, 1.54) is 19.5 Å². The van der Waals surface area contributed by atoms with Crippen LogP contribution in [-0.2, 0) is 4.74 Å². The topological polar surface area (TPSA) is 32.8 Å². The van der Waals surface area contributed by atoms with Gasteiger partial charge >= 0.3 is 6.09 Å². The Balaban J connectivity index is 1.90. The number of rotatable bonds is 1. The molecule has 0 aromatic rings. The van der Waals surface area contributed by atoms with Crippen LogP contribution in [0.5, 0.6) is 0 Å². The van der Waals surface area contributed by atoms with Gasteiger partial charge in [0.15, 0.2) is 0 Å². The van der Waals surface area contributed by atoms with Crippen molar-refractivity contribution in [3.8, 4) is 0 Å². The third-order valence-electron chi connectivity index (χ3n) is 3.59. The Morgan fingerprint density at radius 2 is 1.94 bits per heavy atom. The lowest BCUT2D eigenvalue weighted by Crippen LogP contribution is -2.47. The maximum atomic E-state index is 12.0. The van der Waals surface area contributed by atoms with Crippen molar-refractivity contribution in [2.45, 2.75) is 58.2 Å². The van der Waals surface area contributed by atoms with Crippen LogP contribution < -0.4 is 0 Å². The van der Waals surface area contributed by atoms with E-state index in [9.17, 15) is 4.79 Å². The Bertz CT molecular complexity index is 294. The van der Waals surface area contributed by atoms with Gasteiger partial charge in [-0.15, -0.1) is 0 Å². The average Bonchev–Trinajstić information content (AvgIpc) is 2.40. The highest BCUT2D eigenvalue weighted by Crippen LogP contribution is 2.26. The van der Waals surface area contributed by atoms with Crippen LogP contribution in [0.1, 0.15) is 40.5 Å². The number of hydrogen-bond donors (Lipinski definition) is 0. The lowest BCUT2D eigenvalue weighted by molar-refractivity contribution is 0.0219. The SMILES string of the molecule is C[C@@H]1C[C@@H](N2CCC2)CN1C(=O)OC(C)(C)C. The van der Waals surface area contributed by atoms with E-state index in [-0.39, 0.29) is 6.09 Å². The number of carbonyl (C=O) groups is 1. The van der Waals surface area contributed by atoms with Crippen LogP contribution in [0.2, 0.25) is 0 Å². The molecule has 2 heterocycles. The molecule has 0 N–H and O–H groups in total. The first kappa shape index (κ1) is 12.7. The predicted molar refractivity (Wildman–Crippen MR) is 67.0 cm³/mol. The summed E-state index contributed by atoms with van der Waals surface area (Å²) in [6, 6.07) is 0.849. The number of likely N-dealkylation sites (tertiary alicyclic amines) is 2. The van der Waals surface area contributed by atoms with Gasteiger partial charge in [0, 0.05) is 18.6 Å². The van der Waals surface area contributed by atoms with E-state index in [1.54, 1.807) is 0 Å². The third kappa shape index (κ3) is 2.92. The Labute approximate surface area is 104 Å². The second kappa shape index (κ2) is 4.48. The molecule has 0 radical (unpaired) electrons. The van der Waals surface area contributed by atoms with E-state index in [2.05, 4.69) is 11.8 Å². The van der Waals surface area contributed by atoms with E-state index in [4.69, 9.17) is 4.74 Å². The summed E-state index contributed by atoms with van der Waals surface area (Å²) in [5.41, 5.74) is -0.397. The molecule has 2 fully saturated rings. The van der Waals surface area contributed by atoms with Crippen molar-refractivity contribution in [1.29, 1.82) is 0 Å². The average molecular weight is 240 g/mol. The van der Waals surface area contributed by atoms with Crippen molar-refractivity contribution in [1.82, 2.24) is 9.80 Å². The monoisotopic (exact) mass is 240 g/mol. The maximum absolute atomic E-state index is 12.0. The molecule has 17 heavy (non-hydrogen) atoms. The van der Waals surface area contributed by atoms with Gasteiger partial charge in [0.1, 0.15) is 5.60 Å². The second-order valence-corrected chi connectivity index (χ2v) is 6.26. The summed E-state index contributed by atoms with van der Waals surface area (Å²) in [4.78, 5) is 16.4. The van der Waals surface area contributed by atoms with Crippen molar-refractivity contribution >= 4 is 6.09 Å². The van der Waals surface area contributed by atoms with Crippen LogP contribution >= 0.6 is 0 Å². The van der Waals surface area contributed by atoms with Gasteiger partial charge in [-0.1, -0.05) is 0 Å². The zero-order chi connectivity index (χ0) is 12.6. The smallest absolute Gasteiger partial charge is 0.410 e. The van der Waals surface area contributed by atoms with Gasteiger partial charge in [-0.25, -0.2) is 4.79 Å². The highest BCUT2D eigenvalue weighted by Gasteiger charge is 2.38. The van der Waals surface area contributed by atoms with Crippen molar-refractivity contribution in [3.05, 3.63) is 0 Å². The van der Waals surface area contributed by atoms with Crippen LogP contribution in [0.15, 0.2) is 0 Å². The summed E-state index contributed by atoms with van der Waals surface area (Å²) >= 11 is 0. The summed E-state index contributed by atoms with van der Waals surface area (Å²) < 4.78 is 5.44. The minimum absolute atomic E-state index is 0.159. The zero-order valence-corrected chi connectivity index (χ0v) is 11.4. The number of amides is 1. The number of ether oxygens (including phenoxy) is 1. The minimum atomic E-state index is -0.397. The molecule has 2 aliphatic heterocycles. The summed E-state index contributed by atoms with van der Waals surface area (Å²) in [5, 5.41) is 0. The van der Waals surface area contributed by atoms with E-state index in [1.807, 2.05) is 25.7 Å². The van der Waals surface area contributed by atoms with E-state index >= 15 is 0 Å². The van der Waals surface area contributed by atoms with Crippen LogP contribution in [0.3, 0.4) is 0 Å². The summed E-state index contributed by atoms with van der Waals surface area (Å²) in [5.74, 6) is 0. The molecule has 0 aromatic heterocycles. The maximum Gasteiger partial charge on any atom is 0.410 e. The molecule has 0 saturated carbocycles. The molecule has 2 atom stereocenters. The van der Waals surface area contributed by atoms with Crippen LogP contribution in [0, 0.1) is 0 Å². The zero-order valence-electron chi connectivity index (χ0n) is 11.4. The van der Waals surface area contributed by atoms with Crippen molar-refractivity contribution < 1.29 is 9.53 Å². The van der Waals surface area contributed by atoms with Crippen molar-refractivity contribution in [2.24, 2.45) is 0 Å². The highest BCUT2D eigenvalue weighted by molar-refractivity contribution is 5.69. The number of carbonyl (C=O) groups excluding carboxylic acids is 1. The standard InChI is InChI=1S/C13H24N2O2/c1-10-8-11(14-6-5-7-14)9-15(10)12(16)17-13(2,3)4/h10-11H,5-9H2,1-4H3/t10-,11-/m1/s1. The highest BCUT2D eigenvalue weighted by atomic mass is 16.6. The van der Waals surface area contributed by atoms with E-state index in [0.717, 1.165) is 13.0 Å². The van der Waals surface area contributed by atoms with Gasteiger partial charge in [-0.2, -0.15) is 0 Å². The molecule has 0 unspecified atom stereocenters. The minimum Gasteiger partial charge on any atom is -0.444 e. The molecule has 2 saturated heterocycles. The lowest BCUT2D eigenvalue weighted by atomic mass is 10.1. The second-order valence-electron chi connectivity index (χ2n) is 6.26. The lowest BCUT2D eigenvalue weighted by Gasteiger charge is -2.36. The predicted octanol–water partition coefficient (Wildman–Crippen LogP) is 2.09. The molecule has 4 heteroatoms. The molecule has 0 aromatic carbocycles. The largest absolute Gasteiger partial charge is 0.444 e. The molecule has 2 aliphatic rings. The molecule has 0 spiro atoms. The first-order valence-electron chi connectivity index (χ1n) is 6.60. The summed E-state index contributed by atoms with van der Waals surface area (Å²) in [6.45, 7) is 11.1. The normalized spacial score (nSPS) is 30.2. The van der Waals surface area contributed by atoms with Gasteiger partial charge in [0.2, 0.25) is 0 Å². The van der Waals surface area contributed by atoms with Crippen LogP contribution in [0.4, 0.5) is 4.79 Å². The first-order chi connectivity index (χ1) is 7.87. The fourth-order valence-corrected chi connectivity index (χ4v) is 2.55. The Hall–Kier alpha value is -0.770. The summed E-state index contributed by atoms with van der Waals surface area (Å²) in [6.07, 6.45) is 2.23. The van der Waals surface area contributed by atoms with Crippen molar-refractivity contribution in [2.75, 3.05) is 19.6 Å². The van der Waals surface area contributed by atoms with Gasteiger partial charge < -0.3 is 9.64 Å². The molecule has 1 amide bonds. The Morgan fingerprint density at radius 1 is 1.29 bits per heavy atom. The third-order valence-corrected chi connectivity index (χ3v) is 3.59. The molecule has 0 bridgehead atoms.